The standard InChI is InChI=1S/C24H21N3O2/c1-2-29-23(28)22-18-25-27(26-22)24(19-12-6-3-7-13-19,20-14-8-4-9-15-20)21-16-10-5-11-17-21/h3-18H,2H2,1H3. The highest BCUT2D eigenvalue weighted by Crippen LogP contribution is 2.39. The summed E-state index contributed by atoms with van der Waals surface area (Å²) in [5.74, 6) is -0.484. The number of benzene rings is 3. The lowest BCUT2D eigenvalue weighted by Crippen LogP contribution is -2.39. The first-order chi connectivity index (χ1) is 14.3. The summed E-state index contributed by atoms with van der Waals surface area (Å²) in [4.78, 5) is 13.9. The molecule has 0 bridgehead atoms. The van der Waals surface area contributed by atoms with Crippen LogP contribution in [0.2, 0.25) is 0 Å². The summed E-state index contributed by atoms with van der Waals surface area (Å²) in [7, 11) is 0. The molecule has 29 heavy (non-hydrogen) atoms. The minimum Gasteiger partial charge on any atom is -0.461 e. The van der Waals surface area contributed by atoms with Gasteiger partial charge in [-0.15, -0.1) is 5.10 Å². The first kappa shape index (κ1) is 18.6. The molecule has 0 unspecified atom stereocenters. The van der Waals surface area contributed by atoms with Crippen molar-refractivity contribution in [1.82, 2.24) is 15.0 Å². The molecule has 0 aliphatic rings. The molecule has 4 rings (SSSR count). The molecule has 0 spiro atoms. The van der Waals surface area contributed by atoms with Gasteiger partial charge in [0.05, 0.1) is 12.8 Å². The van der Waals surface area contributed by atoms with Crippen molar-refractivity contribution < 1.29 is 9.53 Å². The second-order valence-electron chi connectivity index (χ2n) is 6.55. The van der Waals surface area contributed by atoms with E-state index in [1.54, 1.807) is 11.7 Å². The number of hydrogen-bond donors (Lipinski definition) is 0. The zero-order valence-electron chi connectivity index (χ0n) is 16.1. The van der Waals surface area contributed by atoms with Gasteiger partial charge in [0, 0.05) is 0 Å². The lowest BCUT2D eigenvalue weighted by atomic mass is 9.77. The highest BCUT2D eigenvalue weighted by molar-refractivity contribution is 5.86. The molecule has 0 aliphatic heterocycles. The Morgan fingerprint density at radius 1 is 0.828 bits per heavy atom. The van der Waals surface area contributed by atoms with E-state index in [0.717, 1.165) is 16.7 Å². The first-order valence-electron chi connectivity index (χ1n) is 9.53. The number of ether oxygens (including phenoxy) is 1. The molecule has 0 radical (unpaired) electrons. The Bertz CT molecular complexity index is 980. The quantitative estimate of drug-likeness (QED) is 0.368. The number of carbonyl (C=O) groups excluding carboxylic acids is 1. The van der Waals surface area contributed by atoms with Crippen LogP contribution < -0.4 is 0 Å². The van der Waals surface area contributed by atoms with E-state index in [9.17, 15) is 4.79 Å². The highest BCUT2D eigenvalue weighted by atomic mass is 16.5. The van der Waals surface area contributed by atoms with Crippen LogP contribution >= 0.6 is 0 Å². The molecule has 144 valence electrons. The van der Waals surface area contributed by atoms with E-state index in [1.165, 1.54) is 6.20 Å². The molecule has 0 saturated carbocycles. The number of aromatic nitrogens is 3. The molecule has 1 heterocycles. The van der Waals surface area contributed by atoms with Gasteiger partial charge in [0.25, 0.3) is 0 Å². The molecule has 4 aromatic rings. The summed E-state index contributed by atoms with van der Waals surface area (Å²) < 4.78 is 5.12. The number of nitrogens with zero attached hydrogens (tertiary/aromatic N) is 3. The smallest absolute Gasteiger partial charge is 0.360 e. The van der Waals surface area contributed by atoms with Gasteiger partial charge < -0.3 is 4.74 Å². The van der Waals surface area contributed by atoms with Gasteiger partial charge in [-0.1, -0.05) is 91.0 Å². The zero-order valence-corrected chi connectivity index (χ0v) is 16.1. The van der Waals surface area contributed by atoms with E-state index in [1.807, 2.05) is 91.0 Å². The van der Waals surface area contributed by atoms with Gasteiger partial charge in [-0.3, -0.25) is 0 Å². The summed E-state index contributed by atoms with van der Waals surface area (Å²) in [6.07, 6.45) is 1.46. The summed E-state index contributed by atoms with van der Waals surface area (Å²) in [5, 5.41) is 9.09. The number of esters is 1. The molecule has 1 aromatic heterocycles. The molecule has 3 aromatic carbocycles. The molecule has 5 heteroatoms. The van der Waals surface area contributed by atoms with Crippen LogP contribution in [0.5, 0.6) is 0 Å². The molecule has 0 N–H and O–H groups in total. The van der Waals surface area contributed by atoms with Crippen molar-refractivity contribution in [2.24, 2.45) is 0 Å². The van der Waals surface area contributed by atoms with E-state index in [4.69, 9.17) is 4.74 Å². The van der Waals surface area contributed by atoms with Crippen LogP contribution in [-0.2, 0) is 10.3 Å². The van der Waals surface area contributed by atoms with Gasteiger partial charge in [0.1, 0.15) is 0 Å². The third kappa shape index (κ3) is 3.31. The third-order valence-corrected chi connectivity index (χ3v) is 4.85. The maximum atomic E-state index is 12.3. The monoisotopic (exact) mass is 383 g/mol. The molecular weight excluding hydrogens is 362 g/mol. The first-order valence-corrected chi connectivity index (χ1v) is 9.53. The average Bonchev–Trinajstić information content (AvgIpc) is 3.27. The second-order valence-corrected chi connectivity index (χ2v) is 6.55. The maximum Gasteiger partial charge on any atom is 0.360 e. The lowest BCUT2D eigenvalue weighted by molar-refractivity contribution is 0.0518. The molecule has 0 amide bonds. The number of hydrogen-bond acceptors (Lipinski definition) is 4. The van der Waals surface area contributed by atoms with Crippen LogP contribution in [0.3, 0.4) is 0 Å². The van der Waals surface area contributed by atoms with Crippen molar-refractivity contribution >= 4 is 5.97 Å². The van der Waals surface area contributed by atoms with Crippen LogP contribution in [-0.4, -0.2) is 27.6 Å². The fraction of sp³-hybridized carbons (Fsp3) is 0.125. The normalized spacial score (nSPS) is 11.2. The largest absolute Gasteiger partial charge is 0.461 e. The van der Waals surface area contributed by atoms with Crippen molar-refractivity contribution in [2.45, 2.75) is 12.5 Å². The minimum absolute atomic E-state index is 0.180. The Balaban J connectivity index is 2.03. The SMILES string of the molecule is CCOC(=O)c1cnn(C(c2ccccc2)(c2ccccc2)c2ccccc2)n1. The fourth-order valence-electron chi connectivity index (χ4n) is 3.61. The van der Waals surface area contributed by atoms with Crippen molar-refractivity contribution in [3.05, 3.63) is 120 Å². The van der Waals surface area contributed by atoms with Gasteiger partial charge in [0.15, 0.2) is 11.2 Å². The van der Waals surface area contributed by atoms with E-state index in [-0.39, 0.29) is 12.3 Å². The summed E-state index contributed by atoms with van der Waals surface area (Å²) >= 11 is 0. The predicted octanol–water partition coefficient (Wildman–Crippen LogP) is 4.30. The Morgan fingerprint density at radius 3 is 1.69 bits per heavy atom. The van der Waals surface area contributed by atoms with Crippen molar-refractivity contribution in [3.63, 3.8) is 0 Å². The van der Waals surface area contributed by atoms with Gasteiger partial charge >= 0.3 is 5.97 Å². The Hall–Kier alpha value is -3.73. The minimum atomic E-state index is -0.839. The summed E-state index contributed by atoms with van der Waals surface area (Å²) in [5.41, 5.74) is 2.31. The maximum absolute atomic E-state index is 12.3. The van der Waals surface area contributed by atoms with Crippen molar-refractivity contribution in [2.75, 3.05) is 6.61 Å². The Labute approximate surface area is 169 Å². The molecule has 5 nitrogen and oxygen atoms in total. The van der Waals surface area contributed by atoms with Crippen LogP contribution in [0.15, 0.2) is 97.2 Å². The number of carbonyl (C=O) groups is 1. The average molecular weight is 383 g/mol. The topological polar surface area (TPSA) is 57.0 Å². The van der Waals surface area contributed by atoms with Gasteiger partial charge in [-0.2, -0.15) is 9.90 Å². The van der Waals surface area contributed by atoms with Crippen molar-refractivity contribution in [1.29, 1.82) is 0 Å². The van der Waals surface area contributed by atoms with E-state index >= 15 is 0 Å². The highest BCUT2D eigenvalue weighted by Gasteiger charge is 2.40. The lowest BCUT2D eigenvalue weighted by Gasteiger charge is -2.34. The summed E-state index contributed by atoms with van der Waals surface area (Å²) in [6.45, 7) is 2.05. The number of rotatable bonds is 6. The predicted molar refractivity (Wildman–Crippen MR) is 111 cm³/mol. The second kappa shape index (κ2) is 8.10. The van der Waals surface area contributed by atoms with E-state index in [2.05, 4.69) is 10.2 Å². The summed E-state index contributed by atoms with van der Waals surface area (Å²) in [6, 6.07) is 30.2. The molecule has 0 fully saturated rings. The van der Waals surface area contributed by atoms with E-state index < -0.39 is 11.5 Å². The van der Waals surface area contributed by atoms with Gasteiger partial charge in [-0.25, -0.2) is 4.79 Å². The van der Waals surface area contributed by atoms with Gasteiger partial charge in [-0.05, 0) is 23.6 Å². The molecule has 0 saturated heterocycles. The van der Waals surface area contributed by atoms with Crippen LogP contribution in [0, 0.1) is 0 Å². The van der Waals surface area contributed by atoms with Gasteiger partial charge in [0.2, 0.25) is 0 Å². The van der Waals surface area contributed by atoms with E-state index in [0.29, 0.717) is 0 Å². The third-order valence-electron chi connectivity index (χ3n) is 4.85. The molecule has 0 atom stereocenters. The Morgan fingerprint density at radius 2 is 1.28 bits per heavy atom. The van der Waals surface area contributed by atoms with Crippen LogP contribution in [0.1, 0.15) is 34.1 Å². The zero-order chi connectivity index (χ0) is 20.1. The van der Waals surface area contributed by atoms with Crippen LogP contribution in [0.25, 0.3) is 0 Å². The van der Waals surface area contributed by atoms with Crippen molar-refractivity contribution in [3.8, 4) is 0 Å². The fourth-order valence-corrected chi connectivity index (χ4v) is 3.61. The Kier molecular flexibility index (Phi) is 5.20. The molecule has 0 aliphatic carbocycles. The van der Waals surface area contributed by atoms with Crippen LogP contribution in [0.4, 0.5) is 0 Å². The molecular formula is C24H21N3O2.